The first-order chi connectivity index (χ1) is 26.0. The average Bonchev–Trinajstić information content (AvgIpc) is 3.96. The summed E-state index contributed by atoms with van der Waals surface area (Å²) in [6, 6.07) is 24.8. The van der Waals surface area contributed by atoms with Crippen molar-refractivity contribution < 1.29 is 23.9 Å². The number of alkyl carbamates (subject to hydrolysis) is 1. The van der Waals surface area contributed by atoms with Crippen molar-refractivity contribution in [1.29, 1.82) is 0 Å². The molecule has 3 aromatic carbocycles. The maximum absolute atomic E-state index is 14.0. The molecule has 11 nitrogen and oxygen atoms in total. The molecule has 0 aliphatic carbocycles. The van der Waals surface area contributed by atoms with Crippen LogP contribution in [0.5, 0.6) is 0 Å². The molecule has 2 fully saturated rings. The maximum atomic E-state index is 14.0. The van der Waals surface area contributed by atoms with Gasteiger partial charge in [-0.25, -0.2) is 9.78 Å². The lowest BCUT2D eigenvalue weighted by atomic mass is 9.99. The van der Waals surface area contributed by atoms with Crippen molar-refractivity contribution in [3.8, 4) is 11.8 Å². The Balaban J connectivity index is 1.05. The first kappa shape index (κ1) is 37.9. The lowest BCUT2D eigenvalue weighted by molar-refractivity contribution is -0.139. The smallest absolute Gasteiger partial charge is 0.408 e. The minimum absolute atomic E-state index is 0.0236. The summed E-state index contributed by atoms with van der Waals surface area (Å²) in [4.78, 5) is 64.6. The third kappa shape index (κ3) is 9.36. The van der Waals surface area contributed by atoms with Crippen LogP contribution in [0.3, 0.4) is 0 Å². The highest BCUT2D eigenvalue weighted by Crippen LogP contribution is 2.33. The van der Waals surface area contributed by atoms with Crippen LogP contribution in [0.4, 0.5) is 4.79 Å². The zero-order valence-corrected chi connectivity index (χ0v) is 31.3. The van der Waals surface area contributed by atoms with Gasteiger partial charge in [0.1, 0.15) is 29.2 Å². The first-order valence-corrected chi connectivity index (χ1v) is 18.6. The molecule has 0 unspecified atom stereocenters. The maximum Gasteiger partial charge on any atom is 0.408 e. The molecule has 1 aromatic heterocycles. The van der Waals surface area contributed by atoms with Crippen LogP contribution in [0, 0.1) is 11.8 Å². The Labute approximate surface area is 316 Å². The standard InChI is InChI=1S/C43H48N6O5/c1-29(32-13-7-5-8-14-32)40(51)49-26-12-18-36(49)39(50)45-27-31-21-19-30(20-22-31)23-24-34-28-44-38(46-34)35-17-11-25-48(35)41(52)37(33-15-9-6-10-16-33)47-42(53)54-43(2,3)4/h5-10,13-16,19-22,28-29,35-37H,11-12,17-18,25-27H2,1-4H3,(H,44,46)(H,45,50)(H,47,53)/t29-,35+,36+,37-/m1/s1. The Hall–Kier alpha value is -5.89. The van der Waals surface area contributed by atoms with E-state index in [4.69, 9.17) is 4.74 Å². The molecule has 54 heavy (non-hydrogen) atoms. The predicted molar refractivity (Wildman–Crippen MR) is 205 cm³/mol. The summed E-state index contributed by atoms with van der Waals surface area (Å²) in [5.74, 6) is 6.23. The molecule has 0 spiro atoms. The van der Waals surface area contributed by atoms with E-state index in [2.05, 4.69) is 32.4 Å². The van der Waals surface area contributed by atoms with E-state index in [1.165, 1.54) is 0 Å². The first-order valence-electron chi connectivity index (χ1n) is 18.6. The predicted octanol–water partition coefficient (Wildman–Crippen LogP) is 6.15. The normalized spacial score (nSPS) is 17.9. The van der Waals surface area contributed by atoms with Crippen molar-refractivity contribution in [2.24, 2.45) is 0 Å². The Morgan fingerprint density at radius 1 is 0.852 bits per heavy atom. The monoisotopic (exact) mass is 728 g/mol. The highest BCUT2D eigenvalue weighted by atomic mass is 16.6. The van der Waals surface area contributed by atoms with Gasteiger partial charge in [0.05, 0.1) is 18.2 Å². The molecule has 3 heterocycles. The van der Waals surface area contributed by atoms with Gasteiger partial charge >= 0.3 is 6.09 Å². The number of likely N-dealkylation sites (tertiary alicyclic amines) is 2. The average molecular weight is 729 g/mol. The SMILES string of the molecule is C[C@@H](C(=O)N1CCC[C@H]1C(=O)NCc1ccc(C#Cc2cnc([C@@H]3CCCN3C(=O)[C@H](NC(=O)OC(C)(C)C)c3ccccc3)[nH]2)cc1)c1ccccc1. The molecule has 4 amide bonds. The second-order valence-electron chi connectivity index (χ2n) is 14.8. The fraction of sp³-hybridized carbons (Fsp3) is 0.372. The van der Waals surface area contributed by atoms with Gasteiger partial charge < -0.3 is 30.2 Å². The second-order valence-corrected chi connectivity index (χ2v) is 14.8. The molecule has 6 rings (SSSR count). The molecule has 2 aliphatic heterocycles. The quantitative estimate of drug-likeness (QED) is 0.177. The van der Waals surface area contributed by atoms with Crippen molar-refractivity contribution in [1.82, 2.24) is 30.4 Å². The zero-order valence-electron chi connectivity index (χ0n) is 31.3. The van der Waals surface area contributed by atoms with Crippen LogP contribution in [0.2, 0.25) is 0 Å². The lowest BCUT2D eigenvalue weighted by Crippen LogP contribution is -2.47. The number of amides is 4. The van der Waals surface area contributed by atoms with Crippen molar-refractivity contribution in [3.05, 3.63) is 125 Å². The Morgan fingerprint density at radius 2 is 1.50 bits per heavy atom. The highest BCUT2D eigenvalue weighted by molar-refractivity contribution is 5.91. The molecule has 4 aromatic rings. The van der Waals surface area contributed by atoms with Crippen molar-refractivity contribution in [2.75, 3.05) is 13.1 Å². The number of ether oxygens (including phenoxy) is 1. The van der Waals surface area contributed by atoms with Gasteiger partial charge in [-0.2, -0.15) is 0 Å². The molecule has 11 heteroatoms. The van der Waals surface area contributed by atoms with E-state index in [1.807, 2.05) is 91.9 Å². The summed E-state index contributed by atoms with van der Waals surface area (Å²) in [5.41, 5.74) is 3.23. The van der Waals surface area contributed by atoms with Gasteiger partial charge in [-0.3, -0.25) is 14.4 Å². The molecular weight excluding hydrogens is 681 g/mol. The van der Waals surface area contributed by atoms with E-state index in [1.54, 1.807) is 36.8 Å². The number of benzene rings is 3. The van der Waals surface area contributed by atoms with Gasteiger partial charge in [-0.05, 0) is 88.1 Å². The minimum atomic E-state index is -0.914. The Kier molecular flexibility index (Phi) is 11.8. The third-order valence-corrected chi connectivity index (χ3v) is 9.76. The van der Waals surface area contributed by atoms with E-state index in [0.29, 0.717) is 43.1 Å². The molecule has 2 aliphatic rings. The van der Waals surface area contributed by atoms with E-state index in [-0.39, 0.29) is 29.7 Å². The largest absolute Gasteiger partial charge is 0.444 e. The molecule has 2 saturated heterocycles. The number of nitrogens with zero attached hydrogens (tertiary/aromatic N) is 3. The van der Waals surface area contributed by atoms with Gasteiger partial charge in [-0.1, -0.05) is 78.7 Å². The Morgan fingerprint density at radius 3 is 2.19 bits per heavy atom. The van der Waals surface area contributed by atoms with Crippen LogP contribution in [-0.4, -0.2) is 68.3 Å². The summed E-state index contributed by atoms with van der Waals surface area (Å²) in [6.45, 7) is 8.69. The van der Waals surface area contributed by atoms with Gasteiger partial charge in [-0.15, -0.1) is 0 Å². The zero-order chi connectivity index (χ0) is 38.2. The van der Waals surface area contributed by atoms with Gasteiger partial charge in [0.15, 0.2) is 0 Å². The number of hydrogen-bond donors (Lipinski definition) is 3. The van der Waals surface area contributed by atoms with Gasteiger partial charge in [0.2, 0.25) is 11.8 Å². The summed E-state index contributed by atoms with van der Waals surface area (Å²) in [7, 11) is 0. The summed E-state index contributed by atoms with van der Waals surface area (Å²) in [6.07, 6.45) is 3.97. The van der Waals surface area contributed by atoms with Crippen molar-refractivity contribution in [2.45, 2.75) is 89.6 Å². The minimum Gasteiger partial charge on any atom is -0.444 e. The van der Waals surface area contributed by atoms with Gasteiger partial charge in [0, 0.05) is 25.2 Å². The number of aromatic nitrogens is 2. The Bertz CT molecular complexity index is 1990. The molecule has 3 N–H and O–H groups in total. The fourth-order valence-corrected chi connectivity index (χ4v) is 7.00. The van der Waals surface area contributed by atoms with E-state index < -0.39 is 23.8 Å². The van der Waals surface area contributed by atoms with Crippen LogP contribution >= 0.6 is 0 Å². The number of carbonyl (C=O) groups is 4. The number of nitrogens with one attached hydrogen (secondary N) is 3. The number of rotatable bonds is 9. The van der Waals surface area contributed by atoms with Crippen LogP contribution in [0.1, 0.15) is 105 Å². The van der Waals surface area contributed by atoms with Crippen LogP contribution in [0.15, 0.2) is 91.1 Å². The summed E-state index contributed by atoms with van der Waals surface area (Å²) in [5, 5.41) is 5.81. The number of H-pyrrole nitrogens is 1. The summed E-state index contributed by atoms with van der Waals surface area (Å²) < 4.78 is 5.47. The number of carbonyl (C=O) groups excluding carboxylic acids is 4. The molecular formula is C43H48N6O5. The second kappa shape index (κ2) is 16.8. The van der Waals surface area contributed by atoms with Crippen LogP contribution < -0.4 is 10.6 Å². The lowest BCUT2D eigenvalue weighted by Gasteiger charge is -2.29. The molecule has 280 valence electrons. The van der Waals surface area contributed by atoms with E-state index in [0.717, 1.165) is 36.0 Å². The summed E-state index contributed by atoms with van der Waals surface area (Å²) >= 11 is 0. The van der Waals surface area contributed by atoms with Crippen molar-refractivity contribution >= 4 is 23.8 Å². The number of hydrogen-bond acceptors (Lipinski definition) is 6. The highest BCUT2D eigenvalue weighted by Gasteiger charge is 2.38. The third-order valence-electron chi connectivity index (χ3n) is 9.76. The van der Waals surface area contributed by atoms with Crippen molar-refractivity contribution in [3.63, 3.8) is 0 Å². The van der Waals surface area contributed by atoms with Gasteiger partial charge in [0.25, 0.3) is 5.91 Å². The van der Waals surface area contributed by atoms with E-state index in [9.17, 15) is 19.2 Å². The molecule has 0 saturated carbocycles. The molecule has 0 radical (unpaired) electrons. The topological polar surface area (TPSA) is 137 Å². The van der Waals surface area contributed by atoms with Crippen LogP contribution in [-0.2, 0) is 25.7 Å². The number of aromatic amines is 1. The fourth-order valence-electron chi connectivity index (χ4n) is 7.00. The molecule has 0 bridgehead atoms. The molecule has 4 atom stereocenters. The van der Waals surface area contributed by atoms with Crippen LogP contribution in [0.25, 0.3) is 0 Å². The van der Waals surface area contributed by atoms with E-state index >= 15 is 0 Å². The number of imidazole rings is 1.